The van der Waals surface area contributed by atoms with Crippen LogP contribution in [0.15, 0.2) is 0 Å². The predicted octanol–water partition coefficient (Wildman–Crippen LogP) is 1.45. The second-order valence-corrected chi connectivity index (χ2v) is 4.53. The molecule has 0 unspecified atom stereocenters. The maximum atomic E-state index is 11.9. The number of carbonyl (C=O) groups is 1. The molecule has 0 aromatic heterocycles. The third-order valence-corrected chi connectivity index (χ3v) is 3.30. The highest BCUT2D eigenvalue weighted by Gasteiger charge is 2.36. The van der Waals surface area contributed by atoms with Crippen molar-refractivity contribution in [3.05, 3.63) is 0 Å². The van der Waals surface area contributed by atoms with Gasteiger partial charge in [0.15, 0.2) is 0 Å². The minimum atomic E-state index is -0.178. The number of carbonyl (C=O) groups excluding carboxylic acids is 1. The molecule has 1 amide bonds. The van der Waals surface area contributed by atoms with Crippen LogP contribution in [0.5, 0.6) is 0 Å². The zero-order valence-electron chi connectivity index (χ0n) is 9.18. The van der Waals surface area contributed by atoms with E-state index in [2.05, 4.69) is 5.32 Å². The molecular weight excluding hydrogens is 178 g/mol. The third-order valence-electron chi connectivity index (χ3n) is 3.30. The van der Waals surface area contributed by atoms with Crippen molar-refractivity contribution in [3.63, 3.8) is 0 Å². The van der Waals surface area contributed by atoms with Crippen molar-refractivity contribution >= 4 is 5.91 Å². The molecule has 0 aliphatic heterocycles. The van der Waals surface area contributed by atoms with E-state index in [-0.39, 0.29) is 24.0 Å². The van der Waals surface area contributed by atoms with E-state index < -0.39 is 0 Å². The van der Waals surface area contributed by atoms with Crippen LogP contribution < -0.4 is 5.32 Å². The first kappa shape index (κ1) is 11.5. The summed E-state index contributed by atoms with van der Waals surface area (Å²) in [5.41, 5.74) is -0.178. The van der Waals surface area contributed by atoms with Crippen molar-refractivity contribution in [3.8, 4) is 0 Å². The molecule has 0 bridgehead atoms. The molecule has 1 aliphatic carbocycles. The van der Waals surface area contributed by atoms with E-state index in [1.54, 1.807) is 0 Å². The van der Waals surface area contributed by atoms with E-state index in [0.29, 0.717) is 0 Å². The van der Waals surface area contributed by atoms with Crippen LogP contribution in [-0.2, 0) is 4.79 Å². The molecule has 1 rings (SSSR count). The molecule has 3 nitrogen and oxygen atoms in total. The molecule has 0 aromatic carbocycles. The Bertz CT molecular complexity index is 193. The molecule has 0 spiro atoms. The lowest BCUT2D eigenvalue weighted by Gasteiger charge is -2.25. The van der Waals surface area contributed by atoms with Crippen LogP contribution in [0, 0.1) is 5.41 Å². The summed E-state index contributed by atoms with van der Waals surface area (Å²) in [6, 6.07) is -0.0695. The summed E-state index contributed by atoms with van der Waals surface area (Å²) in [4.78, 5) is 11.9. The molecular formula is C11H21NO2. The molecule has 0 aromatic rings. The number of amides is 1. The van der Waals surface area contributed by atoms with Crippen molar-refractivity contribution in [2.45, 2.75) is 52.0 Å². The van der Waals surface area contributed by atoms with Gasteiger partial charge >= 0.3 is 0 Å². The second-order valence-electron chi connectivity index (χ2n) is 4.53. The fourth-order valence-corrected chi connectivity index (χ4v) is 2.02. The van der Waals surface area contributed by atoms with Crippen molar-refractivity contribution in [1.82, 2.24) is 5.32 Å². The van der Waals surface area contributed by atoms with Gasteiger partial charge in [-0.2, -0.15) is 0 Å². The van der Waals surface area contributed by atoms with Crippen LogP contribution in [0.4, 0.5) is 0 Å². The lowest BCUT2D eigenvalue weighted by Crippen LogP contribution is -2.44. The Balaban J connectivity index is 2.48. The zero-order chi connectivity index (χ0) is 10.6. The van der Waals surface area contributed by atoms with E-state index >= 15 is 0 Å². The molecule has 1 aliphatic rings. The van der Waals surface area contributed by atoms with Gasteiger partial charge in [-0.05, 0) is 19.3 Å². The predicted molar refractivity (Wildman–Crippen MR) is 55.9 cm³/mol. The van der Waals surface area contributed by atoms with Crippen molar-refractivity contribution in [2.75, 3.05) is 6.61 Å². The molecule has 0 saturated heterocycles. The first-order chi connectivity index (χ1) is 6.62. The van der Waals surface area contributed by atoms with Gasteiger partial charge < -0.3 is 10.4 Å². The third kappa shape index (κ3) is 2.47. The summed E-state index contributed by atoms with van der Waals surface area (Å²) in [5.74, 6) is 0.121. The standard InChI is InChI=1S/C11H21NO2/c1-3-9(8-13)12-10(14)11(2)6-4-5-7-11/h9,13H,3-8H2,1-2H3,(H,12,14)/t9-/m1/s1. The quantitative estimate of drug-likeness (QED) is 0.720. The maximum Gasteiger partial charge on any atom is 0.226 e. The molecule has 1 atom stereocenters. The summed E-state index contributed by atoms with van der Waals surface area (Å²) < 4.78 is 0. The monoisotopic (exact) mass is 199 g/mol. The Hall–Kier alpha value is -0.570. The summed E-state index contributed by atoms with van der Waals surface area (Å²) in [6.07, 6.45) is 5.07. The summed E-state index contributed by atoms with van der Waals surface area (Å²) in [7, 11) is 0. The lowest BCUT2D eigenvalue weighted by atomic mass is 9.87. The Labute approximate surface area is 85.9 Å². The van der Waals surface area contributed by atoms with Gasteiger partial charge in [0.05, 0.1) is 12.6 Å². The van der Waals surface area contributed by atoms with E-state index in [1.807, 2.05) is 13.8 Å². The minimum Gasteiger partial charge on any atom is -0.394 e. The molecule has 3 heteroatoms. The van der Waals surface area contributed by atoms with E-state index in [9.17, 15) is 4.79 Å². The highest BCUT2D eigenvalue weighted by molar-refractivity contribution is 5.82. The topological polar surface area (TPSA) is 49.3 Å². The van der Waals surface area contributed by atoms with Crippen molar-refractivity contribution in [2.24, 2.45) is 5.41 Å². The Morgan fingerprint density at radius 3 is 2.50 bits per heavy atom. The molecule has 1 saturated carbocycles. The highest BCUT2D eigenvalue weighted by Crippen LogP contribution is 2.37. The number of aliphatic hydroxyl groups is 1. The van der Waals surface area contributed by atoms with Gasteiger partial charge in [-0.3, -0.25) is 4.79 Å². The normalized spacial score (nSPS) is 21.9. The first-order valence-electron chi connectivity index (χ1n) is 5.54. The smallest absolute Gasteiger partial charge is 0.226 e. The fourth-order valence-electron chi connectivity index (χ4n) is 2.02. The van der Waals surface area contributed by atoms with Crippen LogP contribution in [0.3, 0.4) is 0 Å². The van der Waals surface area contributed by atoms with Gasteiger partial charge in [0.25, 0.3) is 0 Å². The Kier molecular flexibility index (Phi) is 3.93. The van der Waals surface area contributed by atoms with Crippen LogP contribution in [0.25, 0.3) is 0 Å². The van der Waals surface area contributed by atoms with Gasteiger partial charge in [0.1, 0.15) is 0 Å². The van der Waals surface area contributed by atoms with E-state index in [4.69, 9.17) is 5.11 Å². The fraction of sp³-hybridized carbons (Fsp3) is 0.909. The number of nitrogens with one attached hydrogen (secondary N) is 1. The Morgan fingerprint density at radius 2 is 2.07 bits per heavy atom. The number of hydrogen-bond donors (Lipinski definition) is 2. The molecule has 14 heavy (non-hydrogen) atoms. The van der Waals surface area contributed by atoms with Crippen LogP contribution in [0.2, 0.25) is 0 Å². The summed E-state index contributed by atoms with van der Waals surface area (Å²) in [5, 5.41) is 11.9. The average Bonchev–Trinajstić information content (AvgIpc) is 2.62. The number of aliphatic hydroxyl groups excluding tert-OH is 1. The van der Waals surface area contributed by atoms with Crippen LogP contribution >= 0.6 is 0 Å². The number of rotatable bonds is 4. The molecule has 2 N–H and O–H groups in total. The van der Waals surface area contributed by atoms with Crippen LogP contribution in [0.1, 0.15) is 46.0 Å². The lowest BCUT2D eigenvalue weighted by molar-refractivity contribution is -0.131. The SMILES string of the molecule is CC[C@H](CO)NC(=O)C1(C)CCCC1. The molecule has 82 valence electrons. The molecule has 0 heterocycles. The minimum absolute atomic E-state index is 0.0400. The molecule has 0 radical (unpaired) electrons. The number of hydrogen-bond acceptors (Lipinski definition) is 2. The summed E-state index contributed by atoms with van der Waals surface area (Å²) in [6.45, 7) is 4.04. The van der Waals surface area contributed by atoms with Gasteiger partial charge in [0.2, 0.25) is 5.91 Å². The average molecular weight is 199 g/mol. The Morgan fingerprint density at radius 1 is 1.50 bits per heavy atom. The molecule has 1 fully saturated rings. The van der Waals surface area contributed by atoms with Crippen LogP contribution in [-0.4, -0.2) is 23.7 Å². The van der Waals surface area contributed by atoms with Gasteiger partial charge in [-0.1, -0.05) is 26.7 Å². The van der Waals surface area contributed by atoms with E-state index in [1.165, 1.54) is 0 Å². The second kappa shape index (κ2) is 4.78. The van der Waals surface area contributed by atoms with Gasteiger partial charge in [-0.25, -0.2) is 0 Å². The first-order valence-corrected chi connectivity index (χ1v) is 5.54. The maximum absolute atomic E-state index is 11.9. The zero-order valence-corrected chi connectivity index (χ0v) is 9.18. The van der Waals surface area contributed by atoms with Gasteiger partial charge in [-0.15, -0.1) is 0 Å². The van der Waals surface area contributed by atoms with Gasteiger partial charge in [0, 0.05) is 5.41 Å². The van der Waals surface area contributed by atoms with Crippen molar-refractivity contribution in [1.29, 1.82) is 0 Å². The van der Waals surface area contributed by atoms with E-state index in [0.717, 1.165) is 32.1 Å². The summed E-state index contributed by atoms with van der Waals surface area (Å²) >= 11 is 0. The largest absolute Gasteiger partial charge is 0.394 e. The highest BCUT2D eigenvalue weighted by atomic mass is 16.3. The van der Waals surface area contributed by atoms with Crippen molar-refractivity contribution < 1.29 is 9.90 Å².